The van der Waals surface area contributed by atoms with Crippen molar-refractivity contribution in [2.45, 2.75) is 26.2 Å². The summed E-state index contributed by atoms with van der Waals surface area (Å²) >= 11 is 0. The fourth-order valence-corrected chi connectivity index (χ4v) is 2.54. The van der Waals surface area contributed by atoms with Crippen LogP contribution in [-0.4, -0.2) is 45.9 Å². The highest BCUT2D eigenvalue weighted by molar-refractivity contribution is 5.79. The molecule has 1 aromatic rings. The van der Waals surface area contributed by atoms with Gasteiger partial charge in [-0.25, -0.2) is 4.98 Å². The van der Waals surface area contributed by atoms with Crippen molar-refractivity contribution >= 4 is 11.8 Å². The largest absolute Gasteiger partial charge is 0.355 e. The first-order valence-corrected chi connectivity index (χ1v) is 7.07. The average Bonchev–Trinajstić information content (AvgIpc) is 2.84. The molecule has 0 unspecified atom stereocenters. The van der Waals surface area contributed by atoms with Crippen molar-refractivity contribution < 1.29 is 9.59 Å². The van der Waals surface area contributed by atoms with E-state index in [1.807, 2.05) is 17.8 Å². The molecule has 1 aromatic heterocycles. The number of imidazole rings is 1. The predicted octanol–water partition coefficient (Wildman–Crippen LogP) is 0.337. The summed E-state index contributed by atoms with van der Waals surface area (Å²) in [5.41, 5.74) is 0. The van der Waals surface area contributed by atoms with Crippen molar-refractivity contribution in [2.75, 3.05) is 19.6 Å². The molecule has 6 nitrogen and oxygen atoms in total. The summed E-state index contributed by atoms with van der Waals surface area (Å²) in [5.74, 6) is 1.20. The number of nitrogens with zero attached hydrogens (tertiary/aromatic N) is 3. The average molecular weight is 278 g/mol. The zero-order valence-electron chi connectivity index (χ0n) is 12.1. The molecule has 0 radical (unpaired) electrons. The van der Waals surface area contributed by atoms with E-state index in [1.54, 1.807) is 18.0 Å². The standard InChI is InChI=1S/C14H22N4O2/c1-11(19)18-8-4-12(5-9-18)14(20)16-6-3-13-15-7-10-17(13)2/h7,10,12H,3-6,8-9H2,1-2H3,(H,16,20). The summed E-state index contributed by atoms with van der Waals surface area (Å²) in [7, 11) is 1.95. The van der Waals surface area contributed by atoms with Crippen LogP contribution in [0.3, 0.4) is 0 Å². The Hall–Kier alpha value is -1.85. The molecule has 20 heavy (non-hydrogen) atoms. The summed E-state index contributed by atoms with van der Waals surface area (Å²) in [4.78, 5) is 29.3. The van der Waals surface area contributed by atoms with Gasteiger partial charge in [0.2, 0.25) is 11.8 Å². The van der Waals surface area contributed by atoms with Crippen molar-refractivity contribution in [3.8, 4) is 0 Å². The van der Waals surface area contributed by atoms with E-state index in [4.69, 9.17) is 0 Å². The molecular weight excluding hydrogens is 256 g/mol. The van der Waals surface area contributed by atoms with Gasteiger partial charge in [-0.2, -0.15) is 0 Å². The van der Waals surface area contributed by atoms with Crippen LogP contribution in [0.5, 0.6) is 0 Å². The second kappa shape index (κ2) is 6.54. The first-order chi connectivity index (χ1) is 9.58. The van der Waals surface area contributed by atoms with Gasteiger partial charge < -0.3 is 14.8 Å². The van der Waals surface area contributed by atoms with E-state index in [9.17, 15) is 9.59 Å². The number of amides is 2. The fourth-order valence-electron chi connectivity index (χ4n) is 2.54. The maximum atomic E-state index is 12.0. The van der Waals surface area contributed by atoms with Gasteiger partial charge in [-0.1, -0.05) is 0 Å². The first kappa shape index (κ1) is 14.6. The lowest BCUT2D eigenvalue weighted by atomic mass is 9.96. The molecule has 1 fully saturated rings. The zero-order chi connectivity index (χ0) is 14.5. The molecule has 1 saturated heterocycles. The molecule has 6 heteroatoms. The normalized spacial score (nSPS) is 16.2. The van der Waals surface area contributed by atoms with Gasteiger partial charge in [-0.15, -0.1) is 0 Å². The van der Waals surface area contributed by atoms with E-state index in [0.29, 0.717) is 19.6 Å². The van der Waals surface area contributed by atoms with Crippen LogP contribution in [0.2, 0.25) is 0 Å². The van der Waals surface area contributed by atoms with Gasteiger partial charge in [0.1, 0.15) is 5.82 Å². The molecule has 1 aliphatic heterocycles. The SMILES string of the molecule is CC(=O)N1CCC(C(=O)NCCc2nccn2C)CC1. The third-order valence-corrected chi connectivity index (χ3v) is 3.88. The van der Waals surface area contributed by atoms with Gasteiger partial charge in [0.25, 0.3) is 0 Å². The number of hydrogen-bond donors (Lipinski definition) is 1. The number of piperidine rings is 1. The molecule has 110 valence electrons. The van der Waals surface area contributed by atoms with Crippen molar-refractivity contribution in [1.29, 1.82) is 0 Å². The Morgan fingerprint density at radius 3 is 2.65 bits per heavy atom. The van der Waals surface area contributed by atoms with Crippen LogP contribution in [0.1, 0.15) is 25.6 Å². The highest BCUT2D eigenvalue weighted by Crippen LogP contribution is 2.17. The van der Waals surface area contributed by atoms with E-state index < -0.39 is 0 Å². The lowest BCUT2D eigenvalue weighted by Crippen LogP contribution is -2.42. The van der Waals surface area contributed by atoms with Crippen LogP contribution in [-0.2, 0) is 23.1 Å². The molecular formula is C14H22N4O2. The zero-order valence-corrected chi connectivity index (χ0v) is 12.1. The summed E-state index contributed by atoms with van der Waals surface area (Å²) in [6.07, 6.45) is 5.91. The van der Waals surface area contributed by atoms with Gasteiger partial charge in [0, 0.05) is 58.3 Å². The molecule has 0 aromatic carbocycles. The van der Waals surface area contributed by atoms with Crippen LogP contribution < -0.4 is 5.32 Å². The minimum absolute atomic E-state index is 0.0342. The van der Waals surface area contributed by atoms with Crippen LogP contribution in [0.15, 0.2) is 12.4 Å². The minimum Gasteiger partial charge on any atom is -0.355 e. The lowest BCUT2D eigenvalue weighted by Gasteiger charge is -2.30. The number of nitrogens with one attached hydrogen (secondary N) is 1. The molecule has 1 N–H and O–H groups in total. The maximum absolute atomic E-state index is 12.0. The van der Waals surface area contributed by atoms with E-state index in [-0.39, 0.29) is 17.7 Å². The Kier molecular flexibility index (Phi) is 4.76. The monoisotopic (exact) mass is 278 g/mol. The number of hydrogen-bond acceptors (Lipinski definition) is 3. The highest BCUT2D eigenvalue weighted by atomic mass is 16.2. The van der Waals surface area contributed by atoms with Crippen LogP contribution in [0, 0.1) is 5.92 Å². The number of carbonyl (C=O) groups excluding carboxylic acids is 2. The molecule has 2 heterocycles. The topological polar surface area (TPSA) is 67.2 Å². The highest BCUT2D eigenvalue weighted by Gasteiger charge is 2.25. The van der Waals surface area contributed by atoms with Gasteiger partial charge >= 0.3 is 0 Å². The van der Waals surface area contributed by atoms with Crippen LogP contribution in [0.4, 0.5) is 0 Å². The Bertz CT molecular complexity index is 475. The Morgan fingerprint density at radius 1 is 1.40 bits per heavy atom. The molecule has 0 saturated carbocycles. The Balaban J connectivity index is 1.71. The molecule has 2 rings (SSSR count). The molecule has 0 atom stereocenters. The number of aryl methyl sites for hydroxylation is 1. The number of rotatable bonds is 4. The van der Waals surface area contributed by atoms with Gasteiger partial charge in [0.05, 0.1) is 0 Å². The van der Waals surface area contributed by atoms with E-state index in [1.165, 1.54) is 0 Å². The first-order valence-electron chi connectivity index (χ1n) is 7.07. The lowest BCUT2D eigenvalue weighted by molar-refractivity contribution is -0.133. The number of likely N-dealkylation sites (tertiary alicyclic amines) is 1. The van der Waals surface area contributed by atoms with E-state index >= 15 is 0 Å². The van der Waals surface area contributed by atoms with E-state index in [2.05, 4.69) is 10.3 Å². The van der Waals surface area contributed by atoms with Gasteiger partial charge in [-0.05, 0) is 12.8 Å². The summed E-state index contributed by atoms with van der Waals surface area (Å²) in [5, 5.41) is 2.97. The second-order valence-electron chi connectivity index (χ2n) is 5.28. The molecule has 0 aliphatic carbocycles. The van der Waals surface area contributed by atoms with Crippen molar-refractivity contribution in [1.82, 2.24) is 19.8 Å². The summed E-state index contributed by atoms with van der Waals surface area (Å²) < 4.78 is 1.96. The second-order valence-corrected chi connectivity index (χ2v) is 5.28. The van der Waals surface area contributed by atoms with Crippen molar-refractivity contribution in [3.63, 3.8) is 0 Å². The quantitative estimate of drug-likeness (QED) is 0.863. The summed E-state index contributed by atoms with van der Waals surface area (Å²) in [6, 6.07) is 0. The molecule has 0 bridgehead atoms. The van der Waals surface area contributed by atoms with Crippen molar-refractivity contribution in [2.24, 2.45) is 13.0 Å². The molecule has 2 amide bonds. The minimum atomic E-state index is 0.0342. The Morgan fingerprint density at radius 2 is 2.10 bits per heavy atom. The Labute approximate surface area is 119 Å². The smallest absolute Gasteiger partial charge is 0.223 e. The number of carbonyl (C=O) groups is 2. The fraction of sp³-hybridized carbons (Fsp3) is 0.643. The van der Waals surface area contributed by atoms with E-state index in [0.717, 1.165) is 25.1 Å². The van der Waals surface area contributed by atoms with Crippen LogP contribution in [0.25, 0.3) is 0 Å². The molecule has 1 aliphatic rings. The van der Waals surface area contributed by atoms with Crippen molar-refractivity contribution in [3.05, 3.63) is 18.2 Å². The van der Waals surface area contributed by atoms with Gasteiger partial charge in [0.15, 0.2) is 0 Å². The maximum Gasteiger partial charge on any atom is 0.223 e. The third kappa shape index (κ3) is 3.59. The third-order valence-electron chi connectivity index (χ3n) is 3.88. The number of aromatic nitrogens is 2. The summed E-state index contributed by atoms with van der Waals surface area (Å²) in [6.45, 7) is 3.56. The predicted molar refractivity (Wildman–Crippen MR) is 74.9 cm³/mol. The molecule has 0 spiro atoms. The van der Waals surface area contributed by atoms with Gasteiger partial charge in [-0.3, -0.25) is 9.59 Å². The van der Waals surface area contributed by atoms with Crippen LogP contribution >= 0.6 is 0 Å².